The van der Waals surface area contributed by atoms with Crippen molar-refractivity contribution in [2.75, 3.05) is 10.6 Å². The van der Waals surface area contributed by atoms with Crippen LogP contribution in [0.3, 0.4) is 0 Å². The van der Waals surface area contributed by atoms with Crippen LogP contribution in [0.2, 0.25) is 0 Å². The number of aromatic nitrogens is 2. The van der Waals surface area contributed by atoms with Crippen LogP contribution in [0.25, 0.3) is 10.2 Å². The molecule has 0 bridgehead atoms. The Kier molecular flexibility index (Phi) is 6.21. The number of anilines is 2. The number of carbonyl (C=O) groups is 2. The van der Waals surface area contributed by atoms with Gasteiger partial charge in [-0.3, -0.25) is 19.0 Å². The second-order valence-electron chi connectivity index (χ2n) is 8.18. The highest BCUT2D eigenvalue weighted by molar-refractivity contribution is 7.20. The molecular weight excluding hydrogens is 452 g/mol. The third-order valence-electron chi connectivity index (χ3n) is 5.64. The van der Waals surface area contributed by atoms with E-state index in [1.165, 1.54) is 23.0 Å². The van der Waals surface area contributed by atoms with Crippen LogP contribution >= 0.6 is 11.3 Å². The van der Waals surface area contributed by atoms with E-state index < -0.39 is 17.5 Å². The third-order valence-corrected chi connectivity index (χ3v) is 6.84. The number of thiophene rings is 1. The number of amides is 2. The van der Waals surface area contributed by atoms with E-state index in [-0.39, 0.29) is 11.7 Å². The van der Waals surface area contributed by atoms with Crippen LogP contribution in [0.5, 0.6) is 5.75 Å². The highest BCUT2D eigenvalue weighted by Crippen LogP contribution is 2.29. The van der Waals surface area contributed by atoms with E-state index in [1.54, 1.807) is 26.0 Å². The highest BCUT2D eigenvalue weighted by Gasteiger charge is 2.23. The molecule has 4 rings (SSSR count). The molecular formula is C25H24N4O4S. The maximum atomic E-state index is 13.3. The van der Waals surface area contributed by atoms with E-state index in [0.717, 1.165) is 22.5 Å². The average Bonchev–Trinajstić information content (AvgIpc) is 3.14. The lowest BCUT2D eigenvalue weighted by molar-refractivity contribution is -0.118. The minimum Gasteiger partial charge on any atom is -0.508 e. The maximum Gasteiger partial charge on any atom is 0.266 e. The summed E-state index contributed by atoms with van der Waals surface area (Å²) in [6.07, 6.45) is 1.33. The summed E-state index contributed by atoms with van der Waals surface area (Å²) in [5.41, 5.74) is 3.38. The Morgan fingerprint density at radius 1 is 1.06 bits per heavy atom. The number of benzene rings is 2. The largest absolute Gasteiger partial charge is 0.508 e. The average molecular weight is 477 g/mol. The molecule has 174 valence electrons. The van der Waals surface area contributed by atoms with Crippen LogP contribution < -0.4 is 16.2 Å². The zero-order chi connectivity index (χ0) is 24.6. The Bertz CT molecular complexity index is 1470. The molecule has 1 unspecified atom stereocenters. The van der Waals surface area contributed by atoms with Crippen LogP contribution in [-0.4, -0.2) is 26.5 Å². The Morgan fingerprint density at radius 3 is 2.44 bits per heavy atom. The number of aromatic hydroxyl groups is 1. The minimum atomic E-state index is -0.843. The smallest absolute Gasteiger partial charge is 0.266 e. The van der Waals surface area contributed by atoms with Crippen molar-refractivity contribution in [3.63, 3.8) is 0 Å². The molecule has 0 spiro atoms. The van der Waals surface area contributed by atoms with E-state index in [0.29, 0.717) is 32.0 Å². The zero-order valence-corrected chi connectivity index (χ0v) is 20.0. The lowest BCUT2D eigenvalue weighted by Crippen LogP contribution is -2.31. The summed E-state index contributed by atoms with van der Waals surface area (Å²) in [4.78, 5) is 44.2. The molecule has 8 nitrogen and oxygen atoms in total. The minimum absolute atomic E-state index is 0.0854. The molecule has 0 aliphatic heterocycles. The molecule has 1 atom stereocenters. The van der Waals surface area contributed by atoms with Gasteiger partial charge in [0, 0.05) is 11.4 Å². The van der Waals surface area contributed by atoms with Gasteiger partial charge in [-0.1, -0.05) is 17.7 Å². The van der Waals surface area contributed by atoms with Gasteiger partial charge in [0.2, 0.25) is 5.91 Å². The molecule has 0 saturated heterocycles. The first kappa shape index (κ1) is 23.2. The Balaban J connectivity index is 1.62. The molecule has 2 aromatic carbocycles. The number of aryl methyl sites for hydroxylation is 3. The molecule has 0 saturated carbocycles. The molecule has 2 heterocycles. The predicted molar refractivity (Wildman–Crippen MR) is 134 cm³/mol. The van der Waals surface area contributed by atoms with E-state index in [2.05, 4.69) is 15.6 Å². The molecule has 4 aromatic rings. The van der Waals surface area contributed by atoms with E-state index in [9.17, 15) is 19.5 Å². The van der Waals surface area contributed by atoms with Crippen LogP contribution in [0.15, 0.2) is 53.6 Å². The van der Waals surface area contributed by atoms with Gasteiger partial charge in [0.15, 0.2) is 0 Å². The summed E-state index contributed by atoms with van der Waals surface area (Å²) < 4.78 is 1.25. The Morgan fingerprint density at radius 2 is 1.76 bits per heavy atom. The van der Waals surface area contributed by atoms with Gasteiger partial charge in [-0.15, -0.1) is 11.3 Å². The number of nitrogens with one attached hydrogen (secondary N) is 2. The third kappa shape index (κ3) is 4.42. The number of rotatable bonds is 5. The molecule has 2 amide bonds. The second kappa shape index (κ2) is 9.11. The number of phenolic OH excluding ortho intramolecular Hbond substituents is 1. The van der Waals surface area contributed by atoms with Crippen molar-refractivity contribution < 1.29 is 14.7 Å². The number of carbonyl (C=O) groups excluding carboxylic acids is 2. The fraction of sp³-hybridized carbons (Fsp3) is 0.200. The number of hydrogen-bond donors (Lipinski definition) is 3. The van der Waals surface area contributed by atoms with Crippen molar-refractivity contribution in [3.05, 3.63) is 80.7 Å². The molecule has 0 radical (unpaired) electrons. The van der Waals surface area contributed by atoms with Crippen molar-refractivity contribution in [3.8, 4) is 5.75 Å². The summed E-state index contributed by atoms with van der Waals surface area (Å²) in [7, 11) is 0. The summed E-state index contributed by atoms with van der Waals surface area (Å²) in [5.74, 6) is -0.631. The van der Waals surface area contributed by atoms with Gasteiger partial charge in [0.1, 0.15) is 16.6 Å². The number of hydrogen-bond acceptors (Lipinski definition) is 6. The summed E-state index contributed by atoms with van der Waals surface area (Å²) in [6, 6.07) is 11.0. The van der Waals surface area contributed by atoms with Gasteiger partial charge in [-0.2, -0.15) is 0 Å². The summed E-state index contributed by atoms with van der Waals surface area (Å²) in [5, 5.41) is 15.3. The number of fused-ring (bicyclic) bond motifs is 1. The topological polar surface area (TPSA) is 113 Å². The van der Waals surface area contributed by atoms with Crippen molar-refractivity contribution >= 4 is 44.7 Å². The summed E-state index contributed by atoms with van der Waals surface area (Å²) in [6.45, 7) is 7.22. The monoisotopic (exact) mass is 476 g/mol. The Labute approximate surface area is 199 Å². The fourth-order valence-electron chi connectivity index (χ4n) is 3.68. The van der Waals surface area contributed by atoms with E-state index in [1.807, 2.05) is 32.0 Å². The predicted octanol–water partition coefficient (Wildman–Crippen LogP) is 4.54. The van der Waals surface area contributed by atoms with Gasteiger partial charge in [-0.05, 0) is 69.2 Å². The van der Waals surface area contributed by atoms with E-state index >= 15 is 0 Å². The molecule has 2 aromatic heterocycles. The Hall–Kier alpha value is -3.98. The standard InChI is InChI=1S/C25H24N4O4S/c1-13-5-10-19(14(2)11-13)28-23(32)21-15(3)20-24(34-21)26-12-29(25(20)33)16(4)22(31)27-17-6-8-18(30)9-7-17/h5-12,16,30H,1-4H3,(H,27,31)(H,28,32). The maximum absolute atomic E-state index is 13.3. The first-order chi connectivity index (χ1) is 16.2. The van der Waals surface area contributed by atoms with Gasteiger partial charge >= 0.3 is 0 Å². The van der Waals surface area contributed by atoms with Gasteiger partial charge < -0.3 is 15.7 Å². The van der Waals surface area contributed by atoms with Crippen LogP contribution in [0, 0.1) is 20.8 Å². The molecule has 34 heavy (non-hydrogen) atoms. The second-order valence-corrected chi connectivity index (χ2v) is 9.18. The zero-order valence-electron chi connectivity index (χ0n) is 19.2. The van der Waals surface area contributed by atoms with Crippen LogP contribution in [-0.2, 0) is 4.79 Å². The van der Waals surface area contributed by atoms with Crippen molar-refractivity contribution in [2.24, 2.45) is 0 Å². The van der Waals surface area contributed by atoms with Gasteiger partial charge in [0.25, 0.3) is 11.5 Å². The molecule has 0 fully saturated rings. The van der Waals surface area contributed by atoms with Crippen LogP contribution in [0.1, 0.15) is 39.3 Å². The van der Waals surface area contributed by atoms with Crippen LogP contribution in [0.4, 0.5) is 11.4 Å². The number of phenols is 1. The first-order valence-electron chi connectivity index (χ1n) is 10.6. The lowest BCUT2D eigenvalue weighted by Gasteiger charge is -2.15. The molecule has 9 heteroatoms. The normalized spacial score (nSPS) is 11.9. The lowest BCUT2D eigenvalue weighted by atomic mass is 10.1. The van der Waals surface area contributed by atoms with Gasteiger partial charge in [-0.25, -0.2) is 4.98 Å². The van der Waals surface area contributed by atoms with Crippen molar-refractivity contribution in [1.29, 1.82) is 0 Å². The first-order valence-corrected chi connectivity index (χ1v) is 11.5. The van der Waals surface area contributed by atoms with Crippen molar-refractivity contribution in [2.45, 2.75) is 33.7 Å². The molecule has 0 aliphatic rings. The van der Waals surface area contributed by atoms with Crippen molar-refractivity contribution in [1.82, 2.24) is 9.55 Å². The van der Waals surface area contributed by atoms with E-state index in [4.69, 9.17) is 0 Å². The summed E-state index contributed by atoms with van der Waals surface area (Å²) >= 11 is 1.15. The highest BCUT2D eigenvalue weighted by atomic mass is 32.1. The SMILES string of the molecule is Cc1ccc(NC(=O)c2sc3ncn(C(C)C(=O)Nc4ccc(O)cc4)c(=O)c3c2C)c(C)c1. The number of nitrogens with zero attached hydrogens (tertiary/aromatic N) is 2. The quantitative estimate of drug-likeness (QED) is 0.366. The molecule has 0 aliphatic carbocycles. The van der Waals surface area contributed by atoms with Gasteiger partial charge in [0.05, 0.1) is 16.6 Å². The fourth-order valence-corrected chi connectivity index (χ4v) is 4.71. The molecule has 3 N–H and O–H groups in total.